The third kappa shape index (κ3) is 3.05. The Balaban J connectivity index is 2.04. The van der Waals surface area contributed by atoms with Gasteiger partial charge in [-0.2, -0.15) is 0 Å². The van der Waals surface area contributed by atoms with Crippen LogP contribution in [0.2, 0.25) is 0 Å². The first-order chi connectivity index (χ1) is 11.6. The van der Waals surface area contributed by atoms with Gasteiger partial charge < -0.3 is 5.11 Å². The van der Waals surface area contributed by atoms with E-state index in [4.69, 9.17) is 0 Å². The van der Waals surface area contributed by atoms with Crippen molar-refractivity contribution >= 4 is 16.5 Å². The lowest BCUT2D eigenvalue weighted by molar-refractivity contribution is 0.481. The van der Waals surface area contributed by atoms with Crippen LogP contribution in [-0.4, -0.2) is 17.9 Å². The quantitative estimate of drug-likeness (QED) is 0.825. The second-order valence-corrected chi connectivity index (χ2v) is 6.36. The van der Waals surface area contributed by atoms with Crippen molar-refractivity contribution in [3.05, 3.63) is 77.4 Å². The second kappa shape index (κ2) is 6.88. The lowest BCUT2D eigenvalue weighted by Gasteiger charge is -2.19. The molecule has 3 rings (SSSR count). The third-order valence-corrected chi connectivity index (χ3v) is 4.47. The smallest absolute Gasteiger partial charge is 0.123 e. The molecule has 0 atom stereocenters. The average Bonchev–Trinajstić information content (AvgIpc) is 2.59. The Bertz CT molecular complexity index is 877. The molecule has 0 unspecified atom stereocenters. The number of rotatable bonds is 3. The SMILES string of the molecule is C/N=C1/C=CC=C(C(C)C)/C1=C/Cc1cccc2cccc(O)c12. The van der Waals surface area contributed by atoms with Crippen LogP contribution in [-0.2, 0) is 6.42 Å². The van der Waals surface area contributed by atoms with Gasteiger partial charge in [-0.15, -0.1) is 0 Å². The summed E-state index contributed by atoms with van der Waals surface area (Å²) < 4.78 is 0. The Kier molecular flexibility index (Phi) is 4.66. The molecule has 0 amide bonds. The van der Waals surface area contributed by atoms with Crippen molar-refractivity contribution in [2.45, 2.75) is 20.3 Å². The maximum Gasteiger partial charge on any atom is 0.123 e. The van der Waals surface area contributed by atoms with E-state index in [0.29, 0.717) is 11.7 Å². The van der Waals surface area contributed by atoms with Gasteiger partial charge in [0, 0.05) is 12.4 Å². The summed E-state index contributed by atoms with van der Waals surface area (Å²) in [6.45, 7) is 4.41. The number of hydrogen-bond acceptors (Lipinski definition) is 2. The lowest BCUT2D eigenvalue weighted by atomic mass is 9.87. The minimum Gasteiger partial charge on any atom is -0.507 e. The van der Waals surface area contributed by atoms with E-state index >= 15 is 0 Å². The van der Waals surface area contributed by atoms with Crippen molar-refractivity contribution in [3.8, 4) is 5.75 Å². The molecule has 24 heavy (non-hydrogen) atoms. The number of phenolic OH excluding ortho intramolecular Hbond substituents is 1. The molecule has 2 heteroatoms. The van der Waals surface area contributed by atoms with Gasteiger partial charge in [-0.3, -0.25) is 4.99 Å². The largest absolute Gasteiger partial charge is 0.507 e. The number of fused-ring (bicyclic) bond motifs is 1. The summed E-state index contributed by atoms with van der Waals surface area (Å²) in [6, 6.07) is 11.8. The minimum atomic E-state index is 0.342. The van der Waals surface area contributed by atoms with E-state index in [-0.39, 0.29) is 0 Å². The zero-order chi connectivity index (χ0) is 17.1. The number of allylic oxidation sites excluding steroid dienone is 6. The van der Waals surface area contributed by atoms with E-state index < -0.39 is 0 Å². The standard InChI is InChI=1S/C22H23NO/c1-15(2)18-10-6-11-20(23-3)19(18)14-13-17-8-4-7-16-9-5-12-21(24)22(16)17/h4-12,14-15,24H,13H2,1-3H3/b19-14-,23-20-. The highest BCUT2D eigenvalue weighted by atomic mass is 16.3. The first kappa shape index (κ1) is 16.3. The highest BCUT2D eigenvalue weighted by molar-refractivity contribution is 6.12. The van der Waals surface area contributed by atoms with Crippen LogP contribution in [0.4, 0.5) is 0 Å². The Morgan fingerprint density at radius 1 is 1.12 bits per heavy atom. The highest BCUT2D eigenvalue weighted by Gasteiger charge is 2.16. The van der Waals surface area contributed by atoms with Gasteiger partial charge in [0.15, 0.2) is 0 Å². The number of nitrogens with zero attached hydrogens (tertiary/aromatic N) is 1. The van der Waals surface area contributed by atoms with Crippen molar-refractivity contribution < 1.29 is 5.11 Å². The van der Waals surface area contributed by atoms with E-state index in [1.807, 2.05) is 31.3 Å². The van der Waals surface area contributed by atoms with Crippen molar-refractivity contribution in [2.24, 2.45) is 10.9 Å². The molecule has 0 bridgehead atoms. The Labute approximate surface area is 143 Å². The maximum atomic E-state index is 10.3. The number of benzene rings is 2. The monoisotopic (exact) mass is 317 g/mol. The summed E-state index contributed by atoms with van der Waals surface area (Å²) in [4.78, 5) is 4.43. The molecule has 1 N–H and O–H groups in total. The molecule has 0 aliphatic heterocycles. The summed E-state index contributed by atoms with van der Waals surface area (Å²) in [5, 5.41) is 12.3. The molecular weight excluding hydrogens is 294 g/mol. The Morgan fingerprint density at radius 3 is 2.58 bits per heavy atom. The van der Waals surface area contributed by atoms with Crippen LogP contribution in [0.1, 0.15) is 19.4 Å². The zero-order valence-corrected chi connectivity index (χ0v) is 14.5. The molecule has 1 aliphatic carbocycles. The normalized spacial score (nSPS) is 17.9. The molecule has 122 valence electrons. The Hall–Kier alpha value is -2.61. The van der Waals surface area contributed by atoms with Gasteiger partial charge in [0.2, 0.25) is 0 Å². The van der Waals surface area contributed by atoms with E-state index in [9.17, 15) is 5.11 Å². The summed E-state index contributed by atoms with van der Waals surface area (Å²) in [5.41, 5.74) is 4.65. The summed E-state index contributed by atoms with van der Waals surface area (Å²) in [5.74, 6) is 0.785. The van der Waals surface area contributed by atoms with E-state index in [0.717, 1.165) is 28.5 Å². The second-order valence-electron chi connectivity index (χ2n) is 6.36. The van der Waals surface area contributed by atoms with Gasteiger partial charge >= 0.3 is 0 Å². The van der Waals surface area contributed by atoms with E-state index in [1.165, 1.54) is 11.1 Å². The van der Waals surface area contributed by atoms with Crippen LogP contribution >= 0.6 is 0 Å². The van der Waals surface area contributed by atoms with Crippen LogP contribution in [0.25, 0.3) is 10.8 Å². The van der Waals surface area contributed by atoms with Crippen molar-refractivity contribution in [3.63, 3.8) is 0 Å². The molecule has 2 aromatic carbocycles. The van der Waals surface area contributed by atoms with Crippen molar-refractivity contribution in [1.29, 1.82) is 0 Å². The topological polar surface area (TPSA) is 32.6 Å². The van der Waals surface area contributed by atoms with Gasteiger partial charge in [-0.1, -0.05) is 62.4 Å². The molecule has 0 fully saturated rings. The molecule has 0 heterocycles. The molecule has 0 saturated carbocycles. The van der Waals surface area contributed by atoms with Gasteiger partial charge in [0.25, 0.3) is 0 Å². The molecule has 0 radical (unpaired) electrons. The first-order valence-electron chi connectivity index (χ1n) is 8.37. The number of aromatic hydroxyl groups is 1. The minimum absolute atomic E-state index is 0.342. The number of hydrogen-bond donors (Lipinski definition) is 1. The van der Waals surface area contributed by atoms with E-state index in [2.05, 4.69) is 49.2 Å². The van der Waals surface area contributed by atoms with Crippen LogP contribution < -0.4 is 0 Å². The number of phenols is 1. The van der Waals surface area contributed by atoms with Crippen LogP contribution in [0.3, 0.4) is 0 Å². The Morgan fingerprint density at radius 2 is 1.88 bits per heavy atom. The fraction of sp³-hybridized carbons (Fsp3) is 0.227. The molecule has 2 aromatic rings. The summed E-state index contributed by atoms with van der Waals surface area (Å²) in [6.07, 6.45) is 9.29. The highest BCUT2D eigenvalue weighted by Crippen LogP contribution is 2.30. The van der Waals surface area contributed by atoms with Crippen LogP contribution in [0.5, 0.6) is 5.75 Å². The molecule has 1 aliphatic rings. The molecule has 0 aromatic heterocycles. The third-order valence-electron chi connectivity index (χ3n) is 4.47. The maximum absolute atomic E-state index is 10.3. The van der Waals surface area contributed by atoms with Crippen molar-refractivity contribution in [1.82, 2.24) is 0 Å². The molecule has 0 saturated heterocycles. The molecular formula is C22H23NO. The first-order valence-corrected chi connectivity index (χ1v) is 8.37. The van der Waals surface area contributed by atoms with Crippen molar-refractivity contribution in [2.75, 3.05) is 7.05 Å². The molecule has 2 nitrogen and oxygen atoms in total. The fourth-order valence-electron chi connectivity index (χ4n) is 3.27. The van der Waals surface area contributed by atoms with Gasteiger partial charge in [0.05, 0.1) is 5.71 Å². The summed E-state index contributed by atoms with van der Waals surface area (Å²) in [7, 11) is 1.83. The predicted octanol–water partition coefficient (Wildman–Crippen LogP) is 5.24. The number of aliphatic imine (C=N–C) groups is 1. The van der Waals surface area contributed by atoms with Gasteiger partial charge in [0.1, 0.15) is 5.75 Å². The lowest BCUT2D eigenvalue weighted by Crippen LogP contribution is -2.10. The molecule has 0 spiro atoms. The summed E-state index contributed by atoms with van der Waals surface area (Å²) >= 11 is 0. The van der Waals surface area contributed by atoms with Crippen LogP contribution in [0.15, 0.2) is 76.8 Å². The average molecular weight is 317 g/mol. The van der Waals surface area contributed by atoms with Gasteiger partial charge in [-0.05, 0) is 46.6 Å². The van der Waals surface area contributed by atoms with Crippen LogP contribution in [0, 0.1) is 5.92 Å². The van der Waals surface area contributed by atoms with Gasteiger partial charge in [-0.25, -0.2) is 0 Å². The fourth-order valence-corrected chi connectivity index (χ4v) is 3.27. The predicted molar refractivity (Wildman–Crippen MR) is 103 cm³/mol. The zero-order valence-electron chi connectivity index (χ0n) is 14.5. The van der Waals surface area contributed by atoms with E-state index in [1.54, 1.807) is 6.07 Å².